The number of benzene rings is 3. The Morgan fingerprint density at radius 1 is 0.897 bits per heavy atom. The van der Waals surface area contributed by atoms with Gasteiger partial charge in [0, 0.05) is 17.9 Å². The zero-order valence-corrected chi connectivity index (χ0v) is 16.2. The molecule has 1 saturated heterocycles. The maximum atomic E-state index is 13.1. The number of amides is 1. The third-order valence-electron chi connectivity index (χ3n) is 4.89. The number of halogens is 3. The Labute approximate surface area is 171 Å². The van der Waals surface area contributed by atoms with E-state index in [4.69, 9.17) is 0 Å². The summed E-state index contributed by atoms with van der Waals surface area (Å²) in [5.74, 6) is 0.520. The van der Waals surface area contributed by atoms with E-state index in [9.17, 15) is 18.0 Å². The number of carbonyl (C=O) groups is 1. The fourth-order valence-electron chi connectivity index (χ4n) is 3.42. The lowest BCUT2D eigenvalue weighted by molar-refractivity contribution is -0.137. The van der Waals surface area contributed by atoms with E-state index in [0.29, 0.717) is 23.4 Å². The lowest BCUT2D eigenvalue weighted by Crippen LogP contribution is -2.30. The number of nitrogens with zero attached hydrogens (tertiary/aromatic N) is 1. The monoisotopic (exact) mass is 413 g/mol. The molecule has 0 spiro atoms. The third-order valence-corrected chi connectivity index (χ3v) is 6.15. The van der Waals surface area contributed by atoms with Gasteiger partial charge in [-0.2, -0.15) is 13.2 Å². The molecule has 4 rings (SSSR count). The Bertz CT molecular complexity index is 1000. The molecule has 1 fully saturated rings. The molecule has 3 aromatic carbocycles. The van der Waals surface area contributed by atoms with Gasteiger partial charge in [0.25, 0.3) is 5.91 Å². The van der Waals surface area contributed by atoms with Crippen molar-refractivity contribution in [1.82, 2.24) is 4.90 Å². The van der Waals surface area contributed by atoms with Crippen LogP contribution in [0.3, 0.4) is 0 Å². The fourth-order valence-corrected chi connectivity index (χ4v) is 4.67. The van der Waals surface area contributed by atoms with Crippen LogP contribution in [0.4, 0.5) is 13.2 Å². The average Bonchev–Trinajstić information content (AvgIpc) is 3.23. The van der Waals surface area contributed by atoms with Crippen molar-refractivity contribution >= 4 is 17.7 Å². The molecule has 0 N–H and O–H groups in total. The molecule has 0 radical (unpaired) electrons. The highest BCUT2D eigenvalue weighted by Crippen LogP contribution is 2.40. The van der Waals surface area contributed by atoms with Gasteiger partial charge in [0.2, 0.25) is 0 Å². The second-order valence-corrected chi connectivity index (χ2v) is 7.98. The number of hydrogen-bond donors (Lipinski definition) is 0. The van der Waals surface area contributed by atoms with Gasteiger partial charge < -0.3 is 4.90 Å². The van der Waals surface area contributed by atoms with Crippen LogP contribution in [0.25, 0.3) is 11.1 Å². The molecule has 1 aliphatic heterocycles. The van der Waals surface area contributed by atoms with E-state index in [1.807, 2.05) is 42.5 Å². The first-order valence-corrected chi connectivity index (χ1v) is 10.2. The maximum absolute atomic E-state index is 13.1. The van der Waals surface area contributed by atoms with E-state index < -0.39 is 17.1 Å². The molecule has 148 valence electrons. The quantitative estimate of drug-likeness (QED) is 0.505. The molecule has 2 nitrogen and oxygen atoms in total. The van der Waals surface area contributed by atoms with Crippen LogP contribution in [0.15, 0.2) is 78.9 Å². The predicted octanol–water partition coefficient (Wildman–Crippen LogP) is 6.26. The van der Waals surface area contributed by atoms with Crippen molar-refractivity contribution < 1.29 is 18.0 Å². The highest BCUT2D eigenvalue weighted by molar-refractivity contribution is 7.99. The van der Waals surface area contributed by atoms with Gasteiger partial charge >= 0.3 is 6.18 Å². The van der Waals surface area contributed by atoms with Crippen molar-refractivity contribution in [3.05, 3.63) is 95.6 Å². The van der Waals surface area contributed by atoms with Gasteiger partial charge in [-0.25, -0.2) is 0 Å². The Morgan fingerprint density at radius 2 is 1.59 bits per heavy atom. The largest absolute Gasteiger partial charge is 0.416 e. The summed E-state index contributed by atoms with van der Waals surface area (Å²) >= 11 is 1.48. The number of hydrogen-bond acceptors (Lipinski definition) is 2. The minimum Gasteiger partial charge on any atom is -0.322 e. The summed E-state index contributed by atoms with van der Waals surface area (Å²) < 4.78 is 39.2. The van der Waals surface area contributed by atoms with Crippen LogP contribution < -0.4 is 0 Å². The van der Waals surface area contributed by atoms with E-state index in [0.717, 1.165) is 23.3 Å². The Balaban J connectivity index is 1.57. The molecule has 1 atom stereocenters. The first-order valence-electron chi connectivity index (χ1n) is 9.19. The highest BCUT2D eigenvalue weighted by atomic mass is 32.2. The second kappa shape index (κ2) is 7.95. The zero-order chi connectivity index (χ0) is 20.4. The van der Waals surface area contributed by atoms with Crippen molar-refractivity contribution in [2.24, 2.45) is 0 Å². The van der Waals surface area contributed by atoms with Crippen molar-refractivity contribution in [2.75, 3.05) is 12.3 Å². The van der Waals surface area contributed by atoms with E-state index >= 15 is 0 Å². The third kappa shape index (κ3) is 4.17. The summed E-state index contributed by atoms with van der Waals surface area (Å²) in [6, 6.07) is 22.4. The van der Waals surface area contributed by atoms with E-state index in [1.54, 1.807) is 23.1 Å². The highest BCUT2D eigenvalue weighted by Gasteiger charge is 2.34. The lowest BCUT2D eigenvalue weighted by Gasteiger charge is -2.25. The van der Waals surface area contributed by atoms with E-state index in [1.165, 1.54) is 17.8 Å². The molecule has 0 bridgehead atoms. The Hall–Kier alpha value is -2.73. The molecule has 1 heterocycles. The first kappa shape index (κ1) is 19.6. The Morgan fingerprint density at radius 3 is 2.28 bits per heavy atom. The summed E-state index contributed by atoms with van der Waals surface area (Å²) in [5.41, 5.74) is 2.40. The SMILES string of the molecule is O=C(c1ccc(-c2ccccc2)cc1)N1CCSC1c1cccc(C(F)(F)F)c1. The molecule has 29 heavy (non-hydrogen) atoms. The zero-order valence-electron chi connectivity index (χ0n) is 15.4. The lowest BCUT2D eigenvalue weighted by atomic mass is 10.0. The summed E-state index contributed by atoms with van der Waals surface area (Å²) in [6.45, 7) is 0.505. The molecular formula is C23H18F3NOS. The Kier molecular flexibility index (Phi) is 5.37. The van der Waals surface area contributed by atoms with E-state index in [2.05, 4.69) is 0 Å². The number of alkyl halides is 3. The first-order chi connectivity index (χ1) is 13.9. The summed E-state index contributed by atoms with van der Waals surface area (Å²) in [7, 11) is 0. The fraction of sp³-hybridized carbons (Fsp3) is 0.174. The summed E-state index contributed by atoms with van der Waals surface area (Å²) in [6.07, 6.45) is -4.40. The van der Waals surface area contributed by atoms with E-state index in [-0.39, 0.29) is 5.91 Å². The molecule has 1 aliphatic rings. The van der Waals surface area contributed by atoms with Gasteiger partial charge in [-0.3, -0.25) is 4.79 Å². The van der Waals surface area contributed by atoms with Crippen LogP contribution in [-0.2, 0) is 6.18 Å². The van der Waals surface area contributed by atoms with Gasteiger partial charge in [0.05, 0.1) is 5.56 Å². The molecule has 1 amide bonds. The van der Waals surface area contributed by atoms with Crippen LogP contribution in [0.5, 0.6) is 0 Å². The van der Waals surface area contributed by atoms with Crippen molar-refractivity contribution in [3.63, 3.8) is 0 Å². The van der Waals surface area contributed by atoms with Gasteiger partial charge in [0.1, 0.15) is 5.37 Å². The van der Waals surface area contributed by atoms with Gasteiger partial charge in [-0.1, -0.05) is 54.6 Å². The predicted molar refractivity (Wildman–Crippen MR) is 110 cm³/mol. The number of carbonyl (C=O) groups excluding carboxylic acids is 1. The minimum absolute atomic E-state index is 0.169. The van der Waals surface area contributed by atoms with Crippen LogP contribution in [0.2, 0.25) is 0 Å². The van der Waals surface area contributed by atoms with Crippen molar-refractivity contribution in [2.45, 2.75) is 11.6 Å². The van der Waals surface area contributed by atoms with Crippen LogP contribution in [0.1, 0.15) is 26.9 Å². The molecule has 6 heteroatoms. The van der Waals surface area contributed by atoms with Gasteiger partial charge in [0.15, 0.2) is 0 Å². The van der Waals surface area contributed by atoms with Crippen LogP contribution >= 0.6 is 11.8 Å². The summed E-state index contributed by atoms with van der Waals surface area (Å²) in [5, 5.41) is -0.418. The molecule has 0 aromatic heterocycles. The van der Waals surface area contributed by atoms with Crippen molar-refractivity contribution in [3.8, 4) is 11.1 Å². The second-order valence-electron chi connectivity index (χ2n) is 6.79. The number of rotatable bonds is 3. The van der Waals surface area contributed by atoms with Gasteiger partial charge in [-0.05, 0) is 41.0 Å². The van der Waals surface area contributed by atoms with Crippen molar-refractivity contribution in [1.29, 1.82) is 0 Å². The molecule has 0 aliphatic carbocycles. The molecule has 3 aromatic rings. The standard InChI is InChI=1S/C23H18F3NOS/c24-23(25,26)20-8-4-7-19(15-20)22-27(13-14-29-22)21(28)18-11-9-17(10-12-18)16-5-2-1-3-6-16/h1-12,15,22H,13-14H2. The van der Waals surface area contributed by atoms with Crippen LogP contribution in [-0.4, -0.2) is 23.1 Å². The smallest absolute Gasteiger partial charge is 0.322 e. The summed E-state index contributed by atoms with van der Waals surface area (Å²) in [4.78, 5) is 14.7. The topological polar surface area (TPSA) is 20.3 Å². The maximum Gasteiger partial charge on any atom is 0.416 e. The average molecular weight is 413 g/mol. The van der Waals surface area contributed by atoms with Gasteiger partial charge in [-0.15, -0.1) is 11.8 Å². The molecule has 0 saturated carbocycles. The molecule has 1 unspecified atom stereocenters. The normalized spacial score (nSPS) is 16.8. The minimum atomic E-state index is -4.40. The van der Waals surface area contributed by atoms with Crippen LogP contribution in [0, 0.1) is 0 Å². The molecular weight excluding hydrogens is 395 g/mol. The number of thioether (sulfide) groups is 1.